The molecule has 0 N–H and O–H groups in total. The van der Waals surface area contributed by atoms with Crippen LogP contribution < -0.4 is 19.6 Å². The largest absolute Gasteiger partial charge is 0.310 e. The van der Waals surface area contributed by atoms with Gasteiger partial charge >= 0.3 is 0 Å². The minimum Gasteiger partial charge on any atom is -0.310 e. The van der Waals surface area contributed by atoms with E-state index < -0.39 is 23.3 Å². The maximum atomic E-state index is 15.5. The van der Waals surface area contributed by atoms with Crippen molar-refractivity contribution in [3.63, 3.8) is 0 Å². The number of aryl methyl sites for hydroxylation is 2. The van der Waals surface area contributed by atoms with Crippen molar-refractivity contribution < 1.29 is 26.3 Å². The third kappa shape index (κ3) is 17.2. The van der Waals surface area contributed by atoms with Crippen LogP contribution >= 0.6 is 0 Å². The average Bonchev–Trinajstić information content (AvgIpc) is 0.718. The molecule has 144 heavy (non-hydrogen) atoms. The lowest BCUT2D eigenvalue weighted by atomic mass is 9.91. The lowest BCUT2D eigenvalue weighted by Crippen LogP contribution is -2.13. The van der Waals surface area contributed by atoms with E-state index in [9.17, 15) is 19.3 Å². The third-order valence-corrected chi connectivity index (χ3v) is 27.2. The number of benzene rings is 24. The molecule has 0 saturated carbocycles. The van der Waals surface area contributed by atoms with Gasteiger partial charge in [-0.25, -0.2) is 26.3 Å². The summed E-state index contributed by atoms with van der Waals surface area (Å²) >= 11 is 0. The molecule has 6 nitrogen and oxygen atoms in total. The predicted octanol–water partition coefficient (Wildman–Crippen LogP) is 37.6. The van der Waals surface area contributed by atoms with Crippen LogP contribution in [0.15, 0.2) is 473 Å². The first-order valence-corrected chi connectivity index (χ1v) is 47.5. The molecule has 0 fully saturated rings. The molecule has 24 aromatic rings. The first kappa shape index (κ1) is 89.1. The quantitative estimate of drug-likeness (QED) is 0.0560. The van der Waals surface area contributed by atoms with E-state index in [0.29, 0.717) is 33.9 Å². The van der Waals surface area contributed by atoms with Gasteiger partial charge in [0.25, 0.3) is 0 Å². The minimum atomic E-state index is -0.761. The zero-order chi connectivity index (χ0) is 97.7. The summed E-state index contributed by atoms with van der Waals surface area (Å²) in [5, 5.41) is 33.1. The van der Waals surface area contributed by atoms with Crippen molar-refractivity contribution in [3.8, 4) is 101 Å². The van der Waals surface area contributed by atoms with Crippen LogP contribution in [0.25, 0.3) is 154 Å². The molecule has 684 valence electrons. The molecule has 0 aliphatic carbocycles. The Bertz CT molecular complexity index is 8560. The highest BCUT2D eigenvalue weighted by Gasteiger charge is 2.30. The Labute approximate surface area is 829 Å². The molecule has 12 heteroatoms. The molecule has 0 atom stereocenters. The lowest BCUT2D eigenvalue weighted by molar-refractivity contribution is 0.583. The molecule has 0 spiro atoms. The van der Waals surface area contributed by atoms with Gasteiger partial charge in [0.05, 0.1) is 56.6 Å². The normalized spacial score (nSPS) is 11.3. The molecule has 0 heterocycles. The summed E-state index contributed by atoms with van der Waals surface area (Å²) in [6.07, 6.45) is 0. The van der Waals surface area contributed by atoms with Gasteiger partial charge in [-0.3, -0.25) is 0 Å². The molecular formula is C132H84F6N6. The fourth-order valence-corrected chi connectivity index (χ4v) is 20.4. The van der Waals surface area contributed by atoms with Crippen molar-refractivity contribution in [2.24, 2.45) is 0 Å². The van der Waals surface area contributed by atoms with E-state index in [4.69, 9.17) is 0 Å². The summed E-state index contributed by atoms with van der Waals surface area (Å²) in [5.41, 5.74) is 26.9. The van der Waals surface area contributed by atoms with Gasteiger partial charge in [-0.05, 0) is 316 Å². The Kier molecular flexibility index (Phi) is 23.4. The van der Waals surface area contributed by atoms with E-state index in [0.717, 1.165) is 200 Å². The lowest BCUT2D eigenvalue weighted by Gasteiger charge is -2.31. The fraction of sp³-hybridized carbons (Fsp3) is 0.0152. The van der Waals surface area contributed by atoms with Crippen LogP contribution in [0, 0.1) is 71.4 Å². The van der Waals surface area contributed by atoms with Crippen molar-refractivity contribution >= 4 is 133 Å². The van der Waals surface area contributed by atoms with Gasteiger partial charge in [0, 0.05) is 56.4 Å². The number of anilines is 12. The summed E-state index contributed by atoms with van der Waals surface area (Å²) in [4.78, 5) is 8.22. The zero-order valence-corrected chi connectivity index (χ0v) is 78.0. The SMILES string of the molecule is Cc1ccc(-c2cc(-c3ccccc3)cc(N(c3ccccc3C#N)c3ccc4ccc5c(N(c6cc(-c7ccccc7)cc(-c7ccc(C)cc7)c6)c6ccccc6C#N)ccc6ccc3c4c65)c2)cc1.Fc1ccc(-c2cc(-c3ccccc3)cc(N(c3cc(F)cc(F)c3)c3ccc4ccc5c(N(c6cc(F)cc(F)c6)c6cc(-c7ccccc7)cc(-c7ccc(F)cc7)c6)ccc6ccc3c4c65)c2)cc1. The molecule has 0 amide bonds. The molecule has 24 aromatic carbocycles. The molecule has 0 saturated heterocycles. The van der Waals surface area contributed by atoms with Gasteiger partial charge in [-0.1, -0.05) is 302 Å². The molecule has 0 bridgehead atoms. The van der Waals surface area contributed by atoms with Gasteiger partial charge in [-0.15, -0.1) is 0 Å². The van der Waals surface area contributed by atoms with Crippen molar-refractivity contribution in [1.82, 2.24) is 0 Å². The second-order valence-corrected chi connectivity index (χ2v) is 36.3. The van der Waals surface area contributed by atoms with E-state index in [1.54, 1.807) is 24.3 Å². The van der Waals surface area contributed by atoms with Crippen molar-refractivity contribution in [2.45, 2.75) is 13.8 Å². The van der Waals surface area contributed by atoms with Crippen LogP contribution in [0.1, 0.15) is 22.3 Å². The molecule has 0 aliphatic rings. The van der Waals surface area contributed by atoms with Crippen molar-refractivity contribution in [3.05, 3.63) is 530 Å². The Morgan fingerprint density at radius 2 is 0.375 bits per heavy atom. The Morgan fingerprint density at radius 1 is 0.167 bits per heavy atom. The van der Waals surface area contributed by atoms with Crippen LogP contribution in [0.3, 0.4) is 0 Å². The highest BCUT2D eigenvalue weighted by atomic mass is 19.2. The van der Waals surface area contributed by atoms with Crippen LogP contribution in [0.5, 0.6) is 0 Å². The van der Waals surface area contributed by atoms with Gasteiger partial charge in [-0.2, -0.15) is 10.5 Å². The van der Waals surface area contributed by atoms with Crippen LogP contribution in [-0.4, -0.2) is 0 Å². The molecular weight excluding hydrogens is 1780 g/mol. The van der Waals surface area contributed by atoms with E-state index >= 15 is 17.6 Å². The Morgan fingerprint density at radius 3 is 0.632 bits per heavy atom. The second-order valence-electron chi connectivity index (χ2n) is 36.3. The Hall–Kier alpha value is -18.9. The first-order chi connectivity index (χ1) is 70.5. The van der Waals surface area contributed by atoms with Gasteiger partial charge < -0.3 is 19.6 Å². The summed E-state index contributed by atoms with van der Waals surface area (Å²) in [7, 11) is 0. The van der Waals surface area contributed by atoms with Gasteiger partial charge in [0.2, 0.25) is 0 Å². The third-order valence-electron chi connectivity index (χ3n) is 27.2. The number of para-hydroxylation sites is 2. The number of hydrogen-bond donors (Lipinski definition) is 0. The van der Waals surface area contributed by atoms with E-state index in [-0.39, 0.29) is 23.0 Å². The average molecular weight is 1870 g/mol. The summed E-state index contributed by atoms with van der Waals surface area (Å²) in [6.45, 7) is 4.23. The van der Waals surface area contributed by atoms with E-state index in [1.165, 1.54) is 59.7 Å². The fourth-order valence-electron chi connectivity index (χ4n) is 20.4. The Balaban J connectivity index is 0.000000159. The monoisotopic (exact) mass is 1870 g/mol. The zero-order valence-electron chi connectivity index (χ0n) is 78.0. The summed E-state index contributed by atoms with van der Waals surface area (Å²) in [5.74, 6) is -3.81. The molecule has 0 radical (unpaired) electrons. The maximum Gasteiger partial charge on any atom is 0.128 e. The smallest absolute Gasteiger partial charge is 0.128 e. The summed E-state index contributed by atoms with van der Waals surface area (Å²) in [6, 6.07) is 157. The molecule has 0 unspecified atom stereocenters. The molecule has 0 aliphatic heterocycles. The standard InChI is InChI=1S/C68H46N4.C64H38F6N2/c1-45-21-25-49(26-22-45)57-37-55(47-13-5-3-6-14-47)39-59(41-57)71(63-19-11-9-17-53(63)43-69)65-35-31-51-30-34-62-66(36-32-52-29-33-61(65)67(51)68(52)62)72(64-20-12-10-18-54(64)44-70)60-40-56(48-15-7-4-8-16-48)38-58(42-60)50-27-23-46(2)24-28-50;65-49-19-11-41(12-20-49)47-27-45(39-7-3-1-4-8-39)29-55(31-47)71(57-35-51(67)33-52(68)36-57)61-25-17-43-16-24-60-62(26-18-44-15-23-59(61)63(43)64(44)60)72(58-37-53(69)34-54(70)38-58)56-30-46(40-9-5-2-6-10-40)28-48(32-56)42-13-21-50(66)22-14-42/h3-42H,1-2H3;1-38H. The van der Waals surface area contributed by atoms with E-state index in [2.05, 4.69) is 218 Å². The highest BCUT2D eigenvalue weighted by Crippen LogP contribution is 2.54. The maximum absolute atomic E-state index is 15.5. The van der Waals surface area contributed by atoms with Crippen LogP contribution in [-0.2, 0) is 0 Å². The van der Waals surface area contributed by atoms with Crippen molar-refractivity contribution in [1.29, 1.82) is 10.5 Å². The molecule has 24 rings (SSSR count). The predicted molar refractivity (Wildman–Crippen MR) is 581 cm³/mol. The topological polar surface area (TPSA) is 60.5 Å². The van der Waals surface area contributed by atoms with Gasteiger partial charge in [0.1, 0.15) is 47.0 Å². The number of nitriles is 2. The number of halogens is 6. The second kappa shape index (κ2) is 37.8. The van der Waals surface area contributed by atoms with Crippen LogP contribution in [0.2, 0.25) is 0 Å². The number of nitrogens with zero attached hydrogens (tertiary/aromatic N) is 6. The van der Waals surface area contributed by atoms with Crippen molar-refractivity contribution in [2.75, 3.05) is 19.6 Å². The van der Waals surface area contributed by atoms with Gasteiger partial charge in [0.15, 0.2) is 0 Å². The minimum absolute atomic E-state index is 0.230. The van der Waals surface area contributed by atoms with E-state index in [1.807, 2.05) is 216 Å². The summed E-state index contributed by atoms with van der Waals surface area (Å²) < 4.78 is 90.7. The first-order valence-electron chi connectivity index (χ1n) is 47.5. The number of hydrogen-bond acceptors (Lipinski definition) is 6. The highest BCUT2D eigenvalue weighted by molar-refractivity contribution is 6.30. The molecule has 0 aromatic heterocycles. The van der Waals surface area contributed by atoms with Crippen LogP contribution in [0.4, 0.5) is 94.6 Å². The number of rotatable bonds is 20.